The second-order valence-electron chi connectivity index (χ2n) is 6.00. The van der Waals surface area contributed by atoms with Crippen LogP contribution in [0.1, 0.15) is 58.4 Å². The van der Waals surface area contributed by atoms with Gasteiger partial charge in [0, 0.05) is 13.2 Å². The van der Waals surface area contributed by atoms with Crippen molar-refractivity contribution in [1.29, 1.82) is 0 Å². The first-order chi connectivity index (χ1) is 11.5. The van der Waals surface area contributed by atoms with Crippen LogP contribution in [-0.4, -0.2) is 38.5 Å². The summed E-state index contributed by atoms with van der Waals surface area (Å²) in [5.41, 5.74) is 1.42. The Morgan fingerprint density at radius 2 is 2.00 bits per heavy atom. The number of nitrogens with zero attached hydrogens (tertiary/aromatic N) is 4. The Kier molecular flexibility index (Phi) is 4.37. The van der Waals surface area contributed by atoms with Gasteiger partial charge in [0.25, 0.3) is 5.91 Å². The molecule has 8 nitrogen and oxygen atoms in total. The second kappa shape index (κ2) is 6.46. The van der Waals surface area contributed by atoms with E-state index in [2.05, 4.69) is 15.5 Å². The van der Waals surface area contributed by atoms with Gasteiger partial charge in [0.1, 0.15) is 0 Å². The predicted octanol–water partition coefficient (Wildman–Crippen LogP) is 2.08. The van der Waals surface area contributed by atoms with Crippen molar-refractivity contribution in [3.63, 3.8) is 0 Å². The van der Waals surface area contributed by atoms with Gasteiger partial charge < -0.3 is 10.1 Å². The van der Waals surface area contributed by atoms with Gasteiger partial charge in [-0.2, -0.15) is 10.2 Å². The SMILES string of the molecule is COC(=O)c1c(NC(=O)c2ccn(C3CCCC3)n2)c(C)nn1C. The molecule has 2 aromatic heterocycles. The highest BCUT2D eigenvalue weighted by atomic mass is 16.5. The van der Waals surface area contributed by atoms with Crippen molar-refractivity contribution in [2.45, 2.75) is 38.6 Å². The van der Waals surface area contributed by atoms with E-state index in [-0.39, 0.29) is 11.6 Å². The number of hydrogen-bond donors (Lipinski definition) is 1. The number of methoxy groups -OCH3 is 1. The van der Waals surface area contributed by atoms with Gasteiger partial charge in [-0.3, -0.25) is 14.2 Å². The fourth-order valence-electron chi connectivity index (χ4n) is 3.15. The van der Waals surface area contributed by atoms with Crippen molar-refractivity contribution in [3.8, 4) is 0 Å². The molecule has 1 aliphatic carbocycles. The smallest absolute Gasteiger partial charge is 0.358 e. The van der Waals surface area contributed by atoms with Crippen LogP contribution in [0.25, 0.3) is 0 Å². The van der Waals surface area contributed by atoms with Gasteiger partial charge in [-0.1, -0.05) is 12.8 Å². The summed E-state index contributed by atoms with van der Waals surface area (Å²) in [6, 6.07) is 2.06. The molecule has 0 aromatic carbocycles. The molecule has 2 aromatic rings. The van der Waals surface area contributed by atoms with Gasteiger partial charge >= 0.3 is 5.97 Å². The van der Waals surface area contributed by atoms with Crippen LogP contribution in [0.3, 0.4) is 0 Å². The van der Waals surface area contributed by atoms with E-state index in [0.29, 0.717) is 23.1 Å². The molecular weight excluding hydrogens is 310 g/mol. The highest BCUT2D eigenvalue weighted by Gasteiger charge is 2.24. The quantitative estimate of drug-likeness (QED) is 0.866. The van der Waals surface area contributed by atoms with Gasteiger partial charge in [-0.15, -0.1) is 0 Å². The lowest BCUT2D eigenvalue weighted by molar-refractivity contribution is 0.0589. The van der Waals surface area contributed by atoms with Crippen LogP contribution >= 0.6 is 0 Å². The third kappa shape index (κ3) is 2.91. The number of amides is 1. The molecule has 0 radical (unpaired) electrons. The van der Waals surface area contributed by atoms with Crippen LogP contribution in [0.5, 0.6) is 0 Å². The molecule has 2 heterocycles. The molecule has 1 N–H and O–H groups in total. The monoisotopic (exact) mass is 331 g/mol. The molecule has 24 heavy (non-hydrogen) atoms. The molecule has 128 valence electrons. The number of aryl methyl sites for hydroxylation is 2. The Balaban J connectivity index is 1.81. The van der Waals surface area contributed by atoms with E-state index in [9.17, 15) is 9.59 Å². The van der Waals surface area contributed by atoms with Gasteiger partial charge in [0.15, 0.2) is 11.4 Å². The molecule has 0 aliphatic heterocycles. The van der Waals surface area contributed by atoms with Crippen molar-refractivity contribution in [2.24, 2.45) is 7.05 Å². The van der Waals surface area contributed by atoms with Crippen LogP contribution in [0.4, 0.5) is 5.69 Å². The fraction of sp³-hybridized carbons (Fsp3) is 0.500. The summed E-state index contributed by atoms with van der Waals surface area (Å²) < 4.78 is 8.02. The minimum atomic E-state index is -0.551. The zero-order valence-electron chi connectivity index (χ0n) is 14.1. The minimum absolute atomic E-state index is 0.207. The summed E-state index contributed by atoms with van der Waals surface area (Å²) in [6.45, 7) is 1.72. The number of nitrogens with one attached hydrogen (secondary N) is 1. The number of esters is 1. The first-order valence-electron chi connectivity index (χ1n) is 7.99. The first kappa shape index (κ1) is 16.2. The van der Waals surface area contributed by atoms with E-state index >= 15 is 0 Å². The largest absolute Gasteiger partial charge is 0.464 e. The van der Waals surface area contributed by atoms with E-state index in [0.717, 1.165) is 12.8 Å². The minimum Gasteiger partial charge on any atom is -0.464 e. The number of aromatic nitrogens is 4. The molecule has 8 heteroatoms. The standard InChI is InChI=1S/C16H21N5O3/c1-10-13(14(16(23)24-3)20(2)18-10)17-15(22)12-8-9-21(19-12)11-6-4-5-7-11/h8-9,11H,4-7H2,1-3H3,(H,17,22). The molecule has 0 atom stereocenters. The maximum absolute atomic E-state index is 12.5. The Hall–Kier alpha value is -2.64. The highest BCUT2D eigenvalue weighted by molar-refractivity contribution is 6.07. The lowest BCUT2D eigenvalue weighted by atomic mass is 10.2. The zero-order valence-corrected chi connectivity index (χ0v) is 14.1. The topological polar surface area (TPSA) is 91.0 Å². The van der Waals surface area contributed by atoms with Gasteiger partial charge in [-0.25, -0.2) is 4.79 Å². The average molecular weight is 331 g/mol. The summed E-state index contributed by atoms with van der Waals surface area (Å²) in [7, 11) is 2.92. The summed E-state index contributed by atoms with van der Waals surface area (Å²) in [6.07, 6.45) is 6.42. The number of carbonyl (C=O) groups is 2. The fourth-order valence-corrected chi connectivity index (χ4v) is 3.15. The maximum Gasteiger partial charge on any atom is 0.358 e. The molecule has 0 saturated heterocycles. The normalized spacial score (nSPS) is 14.8. The van der Waals surface area contributed by atoms with Crippen molar-refractivity contribution < 1.29 is 14.3 Å². The van der Waals surface area contributed by atoms with E-state index in [1.54, 1.807) is 20.0 Å². The Labute approximate surface area is 139 Å². The van der Waals surface area contributed by atoms with Gasteiger partial charge in [0.05, 0.1) is 24.5 Å². The summed E-state index contributed by atoms with van der Waals surface area (Å²) >= 11 is 0. The summed E-state index contributed by atoms with van der Waals surface area (Å²) in [5, 5.41) is 11.3. The van der Waals surface area contributed by atoms with Crippen molar-refractivity contribution in [2.75, 3.05) is 12.4 Å². The van der Waals surface area contributed by atoms with Crippen LogP contribution in [0.2, 0.25) is 0 Å². The number of hydrogen-bond acceptors (Lipinski definition) is 5. The molecule has 1 aliphatic rings. The van der Waals surface area contributed by atoms with Crippen molar-refractivity contribution >= 4 is 17.6 Å². The Morgan fingerprint density at radius 1 is 1.29 bits per heavy atom. The number of carbonyl (C=O) groups excluding carboxylic acids is 2. The Morgan fingerprint density at radius 3 is 2.67 bits per heavy atom. The Bertz CT molecular complexity index is 771. The van der Waals surface area contributed by atoms with E-state index in [1.807, 2.05) is 10.9 Å². The molecule has 1 saturated carbocycles. The molecule has 3 rings (SSSR count). The zero-order chi connectivity index (χ0) is 17.3. The predicted molar refractivity (Wildman–Crippen MR) is 87.0 cm³/mol. The van der Waals surface area contributed by atoms with Crippen LogP contribution < -0.4 is 5.32 Å². The summed E-state index contributed by atoms with van der Waals surface area (Å²) in [5.74, 6) is -0.919. The molecule has 0 unspecified atom stereocenters. The van der Waals surface area contributed by atoms with Crippen LogP contribution in [-0.2, 0) is 11.8 Å². The lowest BCUT2D eigenvalue weighted by Gasteiger charge is -2.09. The highest BCUT2D eigenvalue weighted by Crippen LogP contribution is 2.29. The van der Waals surface area contributed by atoms with Crippen LogP contribution in [0.15, 0.2) is 12.3 Å². The number of anilines is 1. The van der Waals surface area contributed by atoms with E-state index in [4.69, 9.17) is 4.74 Å². The van der Waals surface area contributed by atoms with Gasteiger partial charge in [0.2, 0.25) is 0 Å². The lowest BCUT2D eigenvalue weighted by Crippen LogP contribution is -2.18. The van der Waals surface area contributed by atoms with E-state index in [1.165, 1.54) is 24.6 Å². The van der Waals surface area contributed by atoms with Crippen LogP contribution in [0, 0.1) is 6.92 Å². The molecular formula is C16H21N5O3. The van der Waals surface area contributed by atoms with Gasteiger partial charge in [-0.05, 0) is 25.8 Å². The number of ether oxygens (including phenoxy) is 1. The molecule has 1 fully saturated rings. The third-order valence-corrected chi connectivity index (χ3v) is 4.38. The molecule has 1 amide bonds. The average Bonchev–Trinajstić information content (AvgIpc) is 3.27. The van der Waals surface area contributed by atoms with E-state index < -0.39 is 5.97 Å². The summed E-state index contributed by atoms with van der Waals surface area (Å²) in [4.78, 5) is 24.4. The molecule has 0 bridgehead atoms. The number of rotatable bonds is 4. The third-order valence-electron chi connectivity index (χ3n) is 4.38. The second-order valence-corrected chi connectivity index (χ2v) is 6.00. The first-order valence-corrected chi connectivity index (χ1v) is 7.99. The maximum atomic E-state index is 12.5. The van der Waals surface area contributed by atoms with Crippen molar-refractivity contribution in [1.82, 2.24) is 19.6 Å². The molecule has 0 spiro atoms. The van der Waals surface area contributed by atoms with Crippen molar-refractivity contribution in [3.05, 3.63) is 29.3 Å².